The van der Waals surface area contributed by atoms with Crippen molar-refractivity contribution in [1.29, 1.82) is 0 Å². The number of amides is 4. The molecule has 1 atom stereocenters. The number of carbonyl (C=O) groups excluding carboxylic acids is 3. The quantitative estimate of drug-likeness (QED) is 0.464. The Labute approximate surface area is 279 Å². The first-order chi connectivity index (χ1) is 22.6. The molecule has 0 spiro atoms. The molecule has 4 amide bonds. The van der Waals surface area contributed by atoms with E-state index in [1.54, 1.807) is 17.0 Å². The van der Waals surface area contributed by atoms with Crippen LogP contribution in [0.2, 0.25) is 0 Å². The van der Waals surface area contributed by atoms with E-state index in [0.717, 1.165) is 43.6 Å². The van der Waals surface area contributed by atoms with E-state index in [4.69, 9.17) is 12.6 Å². The molecule has 2 aromatic rings. The Hall–Kier alpha value is -3.73. The van der Waals surface area contributed by atoms with Gasteiger partial charge in [-0.05, 0) is 86.7 Å². The number of fused-ring (bicyclic) bond motifs is 1. The van der Waals surface area contributed by atoms with Crippen LogP contribution in [0.1, 0.15) is 63.5 Å². The third-order valence-electron chi connectivity index (χ3n) is 10.8. The van der Waals surface area contributed by atoms with Crippen molar-refractivity contribution >= 4 is 37.0 Å². The number of aromatic hydroxyl groups is 1. The van der Waals surface area contributed by atoms with Crippen LogP contribution in [0, 0.1) is 5.41 Å². The normalized spacial score (nSPS) is 21.8. The summed E-state index contributed by atoms with van der Waals surface area (Å²) in [5.41, 5.74) is 3.30. The molecular formula is C36H48BN5O5. The van der Waals surface area contributed by atoms with Gasteiger partial charge in [0.2, 0.25) is 0 Å². The molecule has 6 rings (SSSR count). The number of benzene rings is 2. The smallest absolute Gasteiger partial charge is 0.410 e. The summed E-state index contributed by atoms with van der Waals surface area (Å²) >= 11 is 0. The molecule has 2 aromatic carbocycles. The van der Waals surface area contributed by atoms with Gasteiger partial charge in [0.15, 0.2) is 6.10 Å². The third-order valence-corrected chi connectivity index (χ3v) is 10.8. The molecule has 0 aliphatic carbocycles. The van der Waals surface area contributed by atoms with Gasteiger partial charge in [-0.1, -0.05) is 49.6 Å². The zero-order valence-electron chi connectivity index (χ0n) is 27.8. The first kappa shape index (κ1) is 33.2. The predicted octanol–water partition coefficient (Wildman–Crippen LogP) is 3.90. The molecule has 47 heavy (non-hydrogen) atoms. The van der Waals surface area contributed by atoms with Crippen molar-refractivity contribution in [3.63, 3.8) is 0 Å². The minimum Gasteiger partial charge on any atom is -0.509 e. The maximum atomic E-state index is 13.9. The minimum absolute atomic E-state index is 0.0121. The van der Waals surface area contributed by atoms with Gasteiger partial charge < -0.3 is 34.8 Å². The van der Waals surface area contributed by atoms with Crippen molar-refractivity contribution in [3.8, 4) is 5.75 Å². The van der Waals surface area contributed by atoms with E-state index in [9.17, 15) is 19.5 Å². The van der Waals surface area contributed by atoms with Gasteiger partial charge in [0.25, 0.3) is 5.91 Å². The SMILES string of the molecule is [B]c1cc(C[C@@H](OC(=O)N2CCC(N3CCc4ccccc4NC3=O)CC2)C(=O)N2CCC(N3CCC(C)(C)CC3)CC2)ccc1O. The van der Waals surface area contributed by atoms with Crippen LogP contribution in [-0.4, -0.2) is 115 Å². The zero-order chi connectivity index (χ0) is 33.1. The Morgan fingerprint density at radius 3 is 2.30 bits per heavy atom. The summed E-state index contributed by atoms with van der Waals surface area (Å²) in [7, 11) is 5.96. The second kappa shape index (κ2) is 14.2. The molecule has 0 saturated carbocycles. The number of urea groups is 1. The third kappa shape index (κ3) is 7.88. The second-order valence-corrected chi connectivity index (χ2v) is 14.5. The Balaban J connectivity index is 1.06. The molecule has 250 valence electrons. The van der Waals surface area contributed by atoms with Crippen molar-refractivity contribution in [3.05, 3.63) is 53.6 Å². The largest absolute Gasteiger partial charge is 0.509 e. The number of phenolic OH excluding ortho intramolecular Hbond substituents is 1. The van der Waals surface area contributed by atoms with Gasteiger partial charge in [0.05, 0.1) is 0 Å². The fourth-order valence-electron chi connectivity index (χ4n) is 7.57. The lowest BCUT2D eigenvalue weighted by molar-refractivity contribution is -0.142. The average molecular weight is 642 g/mol. The van der Waals surface area contributed by atoms with E-state index in [1.165, 1.54) is 18.9 Å². The molecule has 2 radical (unpaired) electrons. The first-order valence-corrected chi connectivity index (χ1v) is 17.3. The Bertz CT molecular complexity index is 1440. The molecule has 2 N–H and O–H groups in total. The zero-order valence-corrected chi connectivity index (χ0v) is 27.8. The fraction of sp³-hybridized carbons (Fsp3) is 0.583. The van der Waals surface area contributed by atoms with Gasteiger partial charge in [-0.3, -0.25) is 4.79 Å². The molecule has 11 heteroatoms. The van der Waals surface area contributed by atoms with Gasteiger partial charge >= 0.3 is 12.1 Å². The van der Waals surface area contributed by atoms with Gasteiger partial charge in [-0.25, -0.2) is 9.59 Å². The highest BCUT2D eigenvalue weighted by atomic mass is 16.6. The van der Waals surface area contributed by atoms with Crippen LogP contribution in [0.25, 0.3) is 0 Å². The molecule has 0 aromatic heterocycles. The van der Waals surface area contributed by atoms with Crippen LogP contribution in [-0.2, 0) is 22.4 Å². The number of ether oxygens (including phenoxy) is 1. The van der Waals surface area contributed by atoms with Crippen LogP contribution >= 0.6 is 0 Å². The standard InChI is InChI=1S/C36H48BN5O5/c1-36(2)14-21-39(22-15-36)27-10-16-40(17-11-27)33(44)32(24-25-7-8-31(43)29(37)23-25)47-35(46)41-18-12-28(13-19-41)42-20-9-26-5-3-4-6-30(26)38-34(42)45/h3-8,23,27-28,32,43H,9-22,24H2,1-2H3,(H,38,45)/t32-/m1/s1. The van der Waals surface area contributed by atoms with Crippen molar-refractivity contribution in [2.24, 2.45) is 5.41 Å². The minimum atomic E-state index is -1.01. The summed E-state index contributed by atoms with van der Waals surface area (Å²) < 4.78 is 6.00. The molecule has 4 heterocycles. The number of hydrogen-bond acceptors (Lipinski definition) is 6. The number of anilines is 1. The lowest BCUT2D eigenvalue weighted by atomic mass is 9.82. The van der Waals surface area contributed by atoms with Gasteiger partial charge in [-0.2, -0.15) is 0 Å². The van der Waals surface area contributed by atoms with Crippen LogP contribution in [0.5, 0.6) is 5.75 Å². The number of likely N-dealkylation sites (tertiary alicyclic amines) is 3. The van der Waals surface area contributed by atoms with Crippen molar-refractivity contribution in [1.82, 2.24) is 19.6 Å². The number of hydrogen-bond donors (Lipinski definition) is 2. The number of carbonyl (C=O) groups is 3. The summed E-state index contributed by atoms with van der Waals surface area (Å²) in [6, 6.07) is 13.1. The van der Waals surface area contributed by atoms with Crippen LogP contribution < -0.4 is 10.8 Å². The average Bonchev–Trinajstić information content (AvgIpc) is 3.24. The molecular weight excluding hydrogens is 593 g/mol. The Morgan fingerprint density at radius 1 is 0.936 bits per heavy atom. The van der Waals surface area contributed by atoms with E-state index >= 15 is 0 Å². The summed E-state index contributed by atoms with van der Waals surface area (Å²) in [6.45, 7) is 9.62. The van der Waals surface area contributed by atoms with Crippen LogP contribution in [0.4, 0.5) is 15.3 Å². The number of nitrogens with one attached hydrogen (secondary N) is 1. The van der Waals surface area contributed by atoms with Crippen LogP contribution in [0.3, 0.4) is 0 Å². The predicted molar refractivity (Wildman–Crippen MR) is 182 cm³/mol. The van der Waals surface area contributed by atoms with Gasteiger partial charge in [0, 0.05) is 56.9 Å². The monoisotopic (exact) mass is 641 g/mol. The van der Waals surface area contributed by atoms with Crippen LogP contribution in [0.15, 0.2) is 42.5 Å². The van der Waals surface area contributed by atoms with E-state index in [-0.39, 0.29) is 35.6 Å². The molecule has 0 bridgehead atoms. The lowest BCUT2D eigenvalue weighted by Crippen LogP contribution is -2.53. The number of nitrogens with zero attached hydrogens (tertiary/aromatic N) is 4. The first-order valence-electron chi connectivity index (χ1n) is 17.3. The molecule has 3 saturated heterocycles. The molecule has 4 aliphatic rings. The number of phenols is 1. The van der Waals surface area contributed by atoms with Crippen molar-refractivity contribution < 1.29 is 24.2 Å². The number of piperidine rings is 3. The van der Waals surface area contributed by atoms with E-state index in [0.29, 0.717) is 62.6 Å². The van der Waals surface area contributed by atoms with Crippen molar-refractivity contribution in [2.45, 2.75) is 83.4 Å². The van der Waals surface area contributed by atoms with Gasteiger partial charge in [0.1, 0.15) is 13.6 Å². The summed E-state index contributed by atoms with van der Waals surface area (Å²) in [4.78, 5) is 48.5. The molecule has 10 nitrogen and oxygen atoms in total. The van der Waals surface area contributed by atoms with E-state index < -0.39 is 12.2 Å². The maximum Gasteiger partial charge on any atom is 0.410 e. The molecule has 3 fully saturated rings. The highest BCUT2D eigenvalue weighted by Gasteiger charge is 2.37. The molecule has 0 unspecified atom stereocenters. The Kier molecular flexibility index (Phi) is 10.0. The maximum absolute atomic E-state index is 13.9. The highest BCUT2D eigenvalue weighted by Crippen LogP contribution is 2.32. The highest BCUT2D eigenvalue weighted by molar-refractivity contribution is 6.34. The second-order valence-electron chi connectivity index (χ2n) is 14.5. The summed E-state index contributed by atoms with van der Waals surface area (Å²) in [5, 5.41) is 13.0. The molecule has 4 aliphatic heterocycles. The van der Waals surface area contributed by atoms with Crippen molar-refractivity contribution in [2.75, 3.05) is 51.1 Å². The lowest BCUT2D eigenvalue weighted by Gasteiger charge is -2.44. The van der Waals surface area contributed by atoms with E-state index in [1.807, 2.05) is 34.1 Å². The topological polar surface area (TPSA) is 106 Å². The van der Waals surface area contributed by atoms with E-state index in [2.05, 4.69) is 24.1 Å². The number of rotatable bonds is 6. The fourth-order valence-corrected chi connectivity index (χ4v) is 7.57. The summed E-state index contributed by atoms with van der Waals surface area (Å²) in [5.74, 6) is -0.222. The van der Waals surface area contributed by atoms with Gasteiger partial charge in [-0.15, -0.1) is 0 Å². The summed E-state index contributed by atoms with van der Waals surface area (Å²) in [6.07, 6.45) is 4.87. The number of para-hydroxylation sites is 1. The Morgan fingerprint density at radius 2 is 1.60 bits per heavy atom.